The van der Waals surface area contributed by atoms with Gasteiger partial charge in [-0.1, -0.05) is 76.1 Å². The van der Waals surface area contributed by atoms with E-state index in [4.69, 9.17) is 0 Å². The Morgan fingerprint density at radius 2 is 1.44 bits per heavy atom. The van der Waals surface area contributed by atoms with E-state index in [0.717, 1.165) is 5.69 Å². The second-order valence-corrected chi connectivity index (χ2v) is 7.26. The molecule has 0 aliphatic carbocycles. The van der Waals surface area contributed by atoms with Crippen LogP contribution in [0.2, 0.25) is 0 Å². The average Bonchev–Trinajstić information content (AvgIpc) is 2.54. The molecule has 0 unspecified atom stereocenters. The minimum atomic E-state index is 0.0610. The average molecular weight is 340 g/mol. The van der Waals surface area contributed by atoms with Crippen LogP contribution < -0.4 is 5.32 Å². The van der Waals surface area contributed by atoms with Crippen LogP contribution in [0.4, 0.5) is 5.69 Å². The maximum absolute atomic E-state index is 11.2. The highest BCUT2D eigenvalue weighted by Crippen LogP contribution is 2.18. The molecular weight excluding hydrogens is 306 g/mol. The summed E-state index contributed by atoms with van der Waals surface area (Å²) in [7, 11) is 0. The molecule has 2 aromatic carbocycles. The van der Waals surface area contributed by atoms with Crippen molar-refractivity contribution < 1.29 is 4.79 Å². The molecule has 0 radical (unpaired) electrons. The van der Waals surface area contributed by atoms with Crippen LogP contribution in [0.15, 0.2) is 42.5 Å². The summed E-state index contributed by atoms with van der Waals surface area (Å²) in [6, 6.07) is 14.7. The van der Waals surface area contributed by atoms with Gasteiger partial charge in [0.15, 0.2) is 0 Å². The van der Waals surface area contributed by atoms with Crippen molar-refractivity contribution >= 4 is 11.6 Å². The Morgan fingerprint density at radius 1 is 0.880 bits per heavy atom. The SMILES string of the molecule is CCC(=O)Nc1cccc(C(C)C)c1.Cc1cc(C)cc(C(C)C)c1. The third kappa shape index (κ3) is 7.55. The zero-order chi connectivity index (χ0) is 19.0. The number of carbonyl (C=O) groups is 1. The minimum absolute atomic E-state index is 0.0610. The lowest BCUT2D eigenvalue weighted by molar-refractivity contribution is -0.115. The fraction of sp³-hybridized carbons (Fsp3) is 0.435. The minimum Gasteiger partial charge on any atom is -0.326 e. The van der Waals surface area contributed by atoms with E-state index in [1.54, 1.807) is 0 Å². The van der Waals surface area contributed by atoms with Gasteiger partial charge in [-0.05, 0) is 48.9 Å². The molecular formula is C23H33NO. The highest BCUT2D eigenvalue weighted by atomic mass is 16.1. The largest absolute Gasteiger partial charge is 0.326 e. The molecule has 2 nitrogen and oxygen atoms in total. The number of hydrogen-bond donors (Lipinski definition) is 1. The van der Waals surface area contributed by atoms with Crippen molar-refractivity contribution in [3.8, 4) is 0 Å². The maximum Gasteiger partial charge on any atom is 0.224 e. The smallest absolute Gasteiger partial charge is 0.224 e. The number of rotatable bonds is 4. The molecule has 0 bridgehead atoms. The van der Waals surface area contributed by atoms with Gasteiger partial charge < -0.3 is 5.32 Å². The summed E-state index contributed by atoms with van der Waals surface area (Å²) < 4.78 is 0. The Labute approximate surface area is 153 Å². The van der Waals surface area contributed by atoms with Crippen LogP contribution in [0.25, 0.3) is 0 Å². The summed E-state index contributed by atoms with van der Waals surface area (Å²) in [5.41, 5.74) is 6.33. The van der Waals surface area contributed by atoms with Gasteiger partial charge in [-0.25, -0.2) is 0 Å². The topological polar surface area (TPSA) is 29.1 Å². The first-order chi connectivity index (χ1) is 11.7. The van der Waals surface area contributed by atoms with Crippen molar-refractivity contribution in [2.45, 2.75) is 66.7 Å². The van der Waals surface area contributed by atoms with Gasteiger partial charge in [0, 0.05) is 12.1 Å². The Kier molecular flexibility index (Phi) is 8.40. The molecule has 25 heavy (non-hydrogen) atoms. The van der Waals surface area contributed by atoms with Crippen molar-refractivity contribution in [3.05, 3.63) is 64.7 Å². The number of aryl methyl sites for hydroxylation is 2. The molecule has 2 heteroatoms. The van der Waals surface area contributed by atoms with Gasteiger partial charge in [0.05, 0.1) is 0 Å². The van der Waals surface area contributed by atoms with Gasteiger partial charge in [-0.3, -0.25) is 4.79 Å². The van der Waals surface area contributed by atoms with Crippen molar-refractivity contribution in [3.63, 3.8) is 0 Å². The van der Waals surface area contributed by atoms with Crippen LogP contribution in [0.3, 0.4) is 0 Å². The quantitative estimate of drug-likeness (QED) is 0.669. The molecule has 0 saturated carbocycles. The Morgan fingerprint density at radius 3 is 1.92 bits per heavy atom. The molecule has 0 heterocycles. The lowest BCUT2D eigenvalue weighted by Crippen LogP contribution is -2.09. The fourth-order valence-corrected chi connectivity index (χ4v) is 2.57. The van der Waals surface area contributed by atoms with Crippen LogP contribution in [-0.2, 0) is 4.79 Å². The highest BCUT2D eigenvalue weighted by Gasteiger charge is 2.02. The van der Waals surface area contributed by atoms with Crippen LogP contribution >= 0.6 is 0 Å². The molecule has 0 spiro atoms. The van der Waals surface area contributed by atoms with E-state index in [2.05, 4.69) is 71.1 Å². The Bertz CT molecular complexity index is 666. The van der Waals surface area contributed by atoms with Crippen LogP contribution in [0.1, 0.15) is 75.1 Å². The normalized spacial score (nSPS) is 10.4. The molecule has 2 aromatic rings. The number of nitrogens with one attached hydrogen (secondary N) is 1. The maximum atomic E-state index is 11.2. The monoisotopic (exact) mass is 339 g/mol. The fourth-order valence-electron chi connectivity index (χ4n) is 2.57. The second kappa shape index (κ2) is 10.0. The molecule has 0 aliphatic heterocycles. The predicted molar refractivity (Wildman–Crippen MR) is 109 cm³/mol. The first kappa shape index (κ1) is 21.0. The standard InChI is InChI=1S/C12H17NO.C11H16/c1-4-12(14)13-11-7-5-6-10(8-11)9(2)3;1-8(2)11-6-9(3)5-10(4)7-11/h5-9H,4H2,1-3H3,(H,13,14);5-8H,1-4H3. The molecule has 0 aromatic heterocycles. The number of anilines is 1. The first-order valence-corrected chi connectivity index (χ1v) is 9.20. The summed E-state index contributed by atoms with van der Waals surface area (Å²) in [6.07, 6.45) is 0.520. The lowest BCUT2D eigenvalue weighted by atomic mass is 9.99. The zero-order valence-corrected chi connectivity index (χ0v) is 16.8. The molecule has 2 rings (SSSR count). The van der Waals surface area contributed by atoms with E-state index in [9.17, 15) is 4.79 Å². The summed E-state index contributed by atoms with van der Waals surface area (Å²) in [5, 5.41) is 2.85. The molecule has 0 fully saturated rings. The first-order valence-electron chi connectivity index (χ1n) is 9.20. The van der Waals surface area contributed by atoms with Gasteiger partial charge in [-0.2, -0.15) is 0 Å². The van der Waals surface area contributed by atoms with Gasteiger partial charge in [0.2, 0.25) is 5.91 Å². The van der Waals surface area contributed by atoms with Gasteiger partial charge in [0.25, 0.3) is 0 Å². The van der Waals surface area contributed by atoms with Crippen molar-refractivity contribution in [1.29, 1.82) is 0 Å². The second-order valence-electron chi connectivity index (χ2n) is 7.26. The Hall–Kier alpha value is -2.09. The van der Waals surface area contributed by atoms with Gasteiger partial charge in [0.1, 0.15) is 0 Å². The van der Waals surface area contributed by atoms with E-state index in [0.29, 0.717) is 18.3 Å². The van der Waals surface area contributed by atoms with Crippen LogP contribution in [0.5, 0.6) is 0 Å². The van der Waals surface area contributed by atoms with Crippen molar-refractivity contribution in [1.82, 2.24) is 0 Å². The van der Waals surface area contributed by atoms with Crippen molar-refractivity contribution in [2.75, 3.05) is 5.32 Å². The van der Waals surface area contributed by atoms with E-state index in [1.807, 2.05) is 25.1 Å². The summed E-state index contributed by atoms with van der Waals surface area (Å²) in [6.45, 7) is 14.9. The summed E-state index contributed by atoms with van der Waals surface area (Å²) in [5.74, 6) is 1.20. The molecule has 1 N–H and O–H groups in total. The molecule has 0 atom stereocenters. The molecule has 0 aliphatic rings. The summed E-state index contributed by atoms with van der Waals surface area (Å²) in [4.78, 5) is 11.2. The lowest BCUT2D eigenvalue weighted by Gasteiger charge is -2.08. The van der Waals surface area contributed by atoms with E-state index in [1.165, 1.54) is 22.3 Å². The molecule has 0 saturated heterocycles. The number of carbonyl (C=O) groups excluding carboxylic acids is 1. The summed E-state index contributed by atoms with van der Waals surface area (Å²) >= 11 is 0. The third-order valence-electron chi connectivity index (χ3n) is 4.07. The molecule has 136 valence electrons. The predicted octanol–water partition coefficient (Wildman–Crippen LogP) is 6.59. The van der Waals surface area contributed by atoms with Gasteiger partial charge in [-0.15, -0.1) is 0 Å². The zero-order valence-electron chi connectivity index (χ0n) is 16.8. The third-order valence-corrected chi connectivity index (χ3v) is 4.07. The number of benzene rings is 2. The highest BCUT2D eigenvalue weighted by molar-refractivity contribution is 5.90. The number of hydrogen-bond acceptors (Lipinski definition) is 1. The molecule has 1 amide bonds. The Balaban J connectivity index is 0.000000257. The van der Waals surface area contributed by atoms with E-state index >= 15 is 0 Å². The number of amides is 1. The van der Waals surface area contributed by atoms with Crippen LogP contribution in [-0.4, -0.2) is 5.91 Å². The van der Waals surface area contributed by atoms with Crippen LogP contribution in [0, 0.1) is 13.8 Å². The van der Waals surface area contributed by atoms with Gasteiger partial charge >= 0.3 is 0 Å². The van der Waals surface area contributed by atoms with E-state index < -0.39 is 0 Å². The van der Waals surface area contributed by atoms with E-state index in [-0.39, 0.29) is 5.91 Å². The van der Waals surface area contributed by atoms with Crippen molar-refractivity contribution in [2.24, 2.45) is 0 Å².